The molecule has 17 heavy (non-hydrogen) atoms. The molecule has 2 rings (SSSR count). The van der Waals surface area contributed by atoms with Gasteiger partial charge in [0.05, 0.1) is 19.3 Å². The fourth-order valence-corrected chi connectivity index (χ4v) is 2.51. The van der Waals surface area contributed by atoms with Crippen molar-refractivity contribution in [1.29, 1.82) is 0 Å². The van der Waals surface area contributed by atoms with E-state index >= 15 is 0 Å². The van der Waals surface area contributed by atoms with Crippen LogP contribution < -0.4 is 0 Å². The minimum absolute atomic E-state index is 0.360. The third-order valence-electron chi connectivity index (χ3n) is 2.87. The smallest absolute Gasteiger partial charge is 0.0900 e. The van der Waals surface area contributed by atoms with E-state index < -0.39 is 0 Å². The zero-order valence-corrected chi connectivity index (χ0v) is 10.9. The number of hydrogen-bond donors (Lipinski definition) is 1. The number of β-amino-alcohol motifs (C(OH)–C–C–N with tert-alkyl or cyclic N) is 1. The van der Waals surface area contributed by atoms with Crippen LogP contribution >= 0.6 is 11.8 Å². The summed E-state index contributed by atoms with van der Waals surface area (Å²) in [7, 11) is 0. The van der Waals surface area contributed by atoms with Crippen LogP contribution in [0.5, 0.6) is 0 Å². The summed E-state index contributed by atoms with van der Waals surface area (Å²) in [5.74, 6) is 0. The molecule has 1 aliphatic rings. The van der Waals surface area contributed by atoms with E-state index in [4.69, 9.17) is 4.74 Å². The maximum atomic E-state index is 9.67. The molecule has 0 spiro atoms. The van der Waals surface area contributed by atoms with Gasteiger partial charge in [0.1, 0.15) is 0 Å². The molecule has 1 aromatic rings. The van der Waals surface area contributed by atoms with Crippen LogP contribution in [0.1, 0.15) is 5.56 Å². The van der Waals surface area contributed by atoms with Gasteiger partial charge in [0.15, 0.2) is 0 Å². The van der Waals surface area contributed by atoms with Crippen molar-refractivity contribution in [3.8, 4) is 0 Å². The highest BCUT2D eigenvalue weighted by Gasteiger charge is 2.16. The van der Waals surface area contributed by atoms with Gasteiger partial charge < -0.3 is 9.84 Å². The normalized spacial score (nSPS) is 22.4. The molecular weight excluding hydrogens is 234 g/mol. The molecule has 1 saturated heterocycles. The van der Waals surface area contributed by atoms with E-state index in [1.807, 2.05) is 0 Å². The number of nitrogens with zero attached hydrogens (tertiary/aromatic N) is 1. The second-order valence-electron chi connectivity index (χ2n) is 4.32. The summed E-state index contributed by atoms with van der Waals surface area (Å²) in [5.41, 5.74) is 1.30. The predicted octanol–water partition coefficient (Wildman–Crippen LogP) is 1.60. The fraction of sp³-hybridized carbons (Fsp3) is 0.538. The molecular formula is C13H19NO2S. The standard InChI is InChI=1S/C13H19NO2S/c1-17-13-4-2-3-11(7-13)8-14-5-6-16-10-12(15)9-14/h2-4,7,12,15H,5-6,8-10H2,1H3. The van der Waals surface area contributed by atoms with E-state index in [1.165, 1.54) is 10.5 Å². The summed E-state index contributed by atoms with van der Waals surface area (Å²) >= 11 is 1.76. The van der Waals surface area contributed by atoms with Crippen molar-refractivity contribution in [3.63, 3.8) is 0 Å². The molecule has 0 saturated carbocycles. The minimum atomic E-state index is -0.360. The zero-order valence-electron chi connectivity index (χ0n) is 10.1. The summed E-state index contributed by atoms with van der Waals surface area (Å²) in [4.78, 5) is 3.53. The molecule has 94 valence electrons. The Bertz CT molecular complexity index is 359. The largest absolute Gasteiger partial charge is 0.389 e. The Labute approximate surface area is 107 Å². The average molecular weight is 253 g/mol. The minimum Gasteiger partial charge on any atom is -0.389 e. The molecule has 3 nitrogen and oxygen atoms in total. The lowest BCUT2D eigenvalue weighted by Gasteiger charge is -2.21. The highest BCUT2D eigenvalue weighted by atomic mass is 32.2. The first kappa shape index (κ1) is 12.9. The lowest BCUT2D eigenvalue weighted by atomic mass is 10.2. The first-order valence-electron chi connectivity index (χ1n) is 5.89. The zero-order chi connectivity index (χ0) is 12.1. The number of thioether (sulfide) groups is 1. The number of aliphatic hydroxyl groups excluding tert-OH is 1. The number of aliphatic hydroxyl groups is 1. The molecule has 1 heterocycles. The van der Waals surface area contributed by atoms with Crippen LogP contribution in [0.3, 0.4) is 0 Å². The van der Waals surface area contributed by atoms with Gasteiger partial charge in [-0.1, -0.05) is 12.1 Å². The van der Waals surface area contributed by atoms with Gasteiger partial charge in [0, 0.05) is 24.5 Å². The van der Waals surface area contributed by atoms with Crippen LogP contribution in [0.2, 0.25) is 0 Å². The van der Waals surface area contributed by atoms with E-state index in [-0.39, 0.29) is 6.10 Å². The topological polar surface area (TPSA) is 32.7 Å². The molecule has 1 unspecified atom stereocenters. The van der Waals surface area contributed by atoms with Crippen LogP contribution in [0.4, 0.5) is 0 Å². The highest BCUT2D eigenvalue weighted by Crippen LogP contribution is 2.17. The Morgan fingerprint density at radius 1 is 1.53 bits per heavy atom. The Kier molecular flexibility index (Phi) is 4.86. The van der Waals surface area contributed by atoms with Gasteiger partial charge in [-0.15, -0.1) is 11.8 Å². The van der Waals surface area contributed by atoms with E-state index in [2.05, 4.69) is 35.4 Å². The van der Waals surface area contributed by atoms with Crippen LogP contribution in [0.15, 0.2) is 29.2 Å². The average Bonchev–Trinajstić information content (AvgIpc) is 2.54. The predicted molar refractivity (Wildman–Crippen MR) is 70.3 cm³/mol. The van der Waals surface area contributed by atoms with Gasteiger partial charge in [-0.2, -0.15) is 0 Å². The Balaban J connectivity index is 1.98. The third kappa shape index (κ3) is 4.00. The molecule has 1 N–H and O–H groups in total. The maximum absolute atomic E-state index is 9.67. The quantitative estimate of drug-likeness (QED) is 0.830. The van der Waals surface area contributed by atoms with Gasteiger partial charge >= 0.3 is 0 Å². The summed E-state index contributed by atoms with van der Waals surface area (Å²) in [6, 6.07) is 8.56. The van der Waals surface area contributed by atoms with Gasteiger partial charge in [0.25, 0.3) is 0 Å². The number of ether oxygens (including phenoxy) is 1. The van der Waals surface area contributed by atoms with E-state index in [0.29, 0.717) is 19.8 Å². The van der Waals surface area contributed by atoms with E-state index in [9.17, 15) is 5.11 Å². The lowest BCUT2D eigenvalue weighted by molar-refractivity contribution is 0.0562. The van der Waals surface area contributed by atoms with Crippen molar-refractivity contribution in [1.82, 2.24) is 4.90 Å². The summed E-state index contributed by atoms with van der Waals surface area (Å²) in [5, 5.41) is 9.67. The highest BCUT2D eigenvalue weighted by molar-refractivity contribution is 7.98. The molecule has 0 bridgehead atoms. The SMILES string of the molecule is CSc1cccc(CN2CCOCC(O)C2)c1. The first-order valence-corrected chi connectivity index (χ1v) is 7.11. The second-order valence-corrected chi connectivity index (χ2v) is 5.20. The van der Waals surface area contributed by atoms with Crippen molar-refractivity contribution < 1.29 is 9.84 Å². The first-order chi connectivity index (χ1) is 8.28. The summed E-state index contributed by atoms with van der Waals surface area (Å²) in [6.07, 6.45) is 1.73. The number of rotatable bonds is 3. The van der Waals surface area contributed by atoms with Crippen molar-refractivity contribution in [3.05, 3.63) is 29.8 Å². The Morgan fingerprint density at radius 3 is 3.24 bits per heavy atom. The lowest BCUT2D eigenvalue weighted by Crippen LogP contribution is -2.32. The molecule has 1 aromatic carbocycles. The van der Waals surface area contributed by atoms with E-state index in [1.54, 1.807) is 11.8 Å². The molecule has 0 radical (unpaired) electrons. The Hall–Kier alpha value is -0.550. The third-order valence-corrected chi connectivity index (χ3v) is 3.60. The van der Waals surface area contributed by atoms with E-state index in [0.717, 1.165) is 13.1 Å². The van der Waals surface area contributed by atoms with Gasteiger partial charge in [0.2, 0.25) is 0 Å². The van der Waals surface area contributed by atoms with Crippen LogP contribution in [0.25, 0.3) is 0 Å². The molecule has 0 aliphatic carbocycles. The van der Waals surface area contributed by atoms with Gasteiger partial charge in [-0.05, 0) is 24.0 Å². The van der Waals surface area contributed by atoms with Crippen molar-refractivity contribution in [2.45, 2.75) is 17.5 Å². The molecule has 4 heteroatoms. The number of benzene rings is 1. The van der Waals surface area contributed by atoms with Crippen LogP contribution in [-0.2, 0) is 11.3 Å². The molecule has 1 aliphatic heterocycles. The van der Waals surface area contributed by atoms with Gasteiger partial charge in [-0.3, -0.25) is 4.90 Å². The van der Waals surface area contributed by atoms with Crippen LogP contribution in [0, 0.1) is 0 Å². The monoisotopic (exact) mass is 253 g/mol. The number of hydrogen-bond acceptors (Lipinski definition) is 4. The maximum Gasteiger partial charge on any atom is 0.0900 e. The van der Waals surface area contributed by atoms with Crippen molar-refractivity contribution >= 4 is 11.8 Å². The summed E-state index contributed by atoms with van der Waals surface area (Å²) < 4.78 is 5.32. The van der Waals surface area contributed by atoms with Crippen molar-refractivity contribution in [2.75, 3.05) is 32.6 Å². The van der Waals surface area contributed by atoms with Gasteiger partial charge in [-0.25, -0.2) is 0 Å². The molecule has 1 atom stereocenters. The van der Waals surface area contributed by atoms with Crippen molar-refractivity contribution in [2.24, 2.45) is 0 Å². The Morgan fingerprint density at radius 2 is 2.41 bits per heavy atom. The fourth-order valence-electron chi connectivity index (χ4n) is 2.03. The molecule has 0 amide bonds. The molecule has 0 aromatic heterocycles. The van der Waals surface area contributed by atoms with Crippen LogP contribution in [-0.4, -0.2) is 48.7 Å². The second kappa shape index (κ2) is 6.40. The summed E-state index contributed by atoms with van der Waals surface area (Å²) in [6.45, 7) is 3.64. The molecule has 1 fully saturated rings.